The van der Waals surface area contributed by atoms with Crippen LogP contribution in [0.5, 0.6) is 0 Å². The number of aromatic nitrogens is 5. The molecule has 0 aliphatic carbocycles. The molecule has 0 atom stereocenters. The quantitative estimate of drug-likeness (QED) is 0.485. The van der Waals surface area contributed by atoms with Gasteiger partial charge in [-0.15, -0.1) is 0 Å². The number of morpholine rings is 1. The van der Waals surface area contributed by atoms with Crippen LogP contribution in [0.2, 0.25) is 0 Å². The van der Waals surface area contributed by atoms with Crippen molar-refractivity contribution in [2.75, 3.05) is 62.3 Å². The van der Waals surface area contributed by atoms with Crippen molar-refractivity contribution in [1.29, 1.82) is 0 Å². The normalized spacial score (nSPS) is 17.8. The van der Waals surface area contributed by atoms with Crippen LogP contribution in [0.3, 0.4) is 0 Å². The molecule has 0 amide bonds. The second kappa shape index (κ2) is 9.98. The minimum Gasteiger partial charge on any atom is -0.456 e. The summed E-state index contributed by atoms with van der Waals surface area (Å²) < 4.78 is 34.6. The van der Waals surface area contributed by atoms with Gasteiger partial charge in [-0.1, -0.05) is 12.1 Å². The standard InChI is InChI=1S/C20H23F2N8O.Y/c1-27-6-8-28(9-7-27)18-24-19(29-10-12-31-13-11-29)26-20(25-18)30-15-5-3-2-4-14(15)23-17(30)16(21)22;/h2-5,16H,1,6-13H2;/q-1;. The zero-order chi connectivity index (χ0) is 21.4. The van der Waals surface area contributed by atoms with E-state index in [0.717, 1.165) is 13.1 Å². The Bertz CT molecular complexity index is 1070. The van der Waals surface area contributed by atoms with Gasteiger partial charge in [0.15, 0.2) is 5.82 Å². The Morgan fingerprint density at radius 3 is 2.06 bits per heavy atom. The number of anilines is 2. The maximum absolute atomic E-state index is 13.9. The van der Waals surface area contributed by atoms with Gasteiger partial charge in [-0.25, -0.2) is 13.8 Å². The fourth-order valence-electron chi connectivity index (χ4n) is 3.84. The van der Waals surface area contributed by atoms with Crippen molar-refractivity contribution in [3.8, 4) is 5.95 Å². The Hall–Kier alpha value is -1.82. The Kier molecular flexibility index (Phi) is 7.28. The Labute approximate surface area is 209 Å². The molecular formula is C20H23F2N8OY-. The molecule has 167 valence electrons. The third-order valence-electron chi connectivity index (χ3n) is 5.53. The van der Waals surface area contributed by atoms with Gasteiger partial charge in [0.05, 0.1) is 24.2 Å². The van der Waals surface area contributed by atoms with Gasteiger partial charge in [0.2, 0.25) is 17.8 Å². The molecular weight excluding hydrogens is 495 g/mol. The predicted octanol–water partition coefficient (Wildman–Crippen LogP) is 1.90. The van der Waals surface area contributed by atoms with Crippen molar-refractivity contribution >= 4 is 22.9 Å². The van der Waals surface area contributed by atoms with Crippen molar-refractivity contribution in [1.82, 2.24) is 29.4 Å². The number of ether oxygens (including phenoxy) is 1. The van der Waals surface area contributed by atoms with Crippen molar-refractivity contribution in [3.05, 3.63) is 37.1 Å². The Morgan fingerprint density at radius 2 is 1.41 bits per heavy atom. The summed E-state index contributed by atoms with van der Waals surface area (Å²) in [5.74, 6) is 0.692. The molecule has 1 aromatic carbocycles. The van der Waals surface area contributed by atoms with E-state index in [4.69, 9.17) is 4.74 Å². The van der Waals surface area contributed by atoms with Crippen LogP contribution in [0.15, 0.2) is 24.3 Å². The van der Waals surface area contributed by atoms with Gasteiger partial charge in [-0.05, 0) is 25.2 Å². The summed E-state index contributed by atoms with van der Waals surface area (Å²) in [6.45, 7) is 5.31. The van der Waals surface area contributed by atoms with Gasteiger partial charge in [-0.2, -0.15) is 15.0 Å². The van der Waals surface area contributed by atoms with Gasteiger partial charge >= 0.3 is 0 Å². The molecule has 2 saturated heterocycles. The number of benzene rings is 1. The monoisotopic (exact) mass is 518 g/mol. The molecule has 2 aliphatic rings. The van der Waals surface area contributed by atoms with Gasteiger partial charge in [0.25, 0.3) is 6.43 Å². The van der Waals surface area contributed by atoms with E-state index in [-0.39, 0.29) is 44.5 Å². The molecule has 32 heavy (non-hydrogen) atoms. The van der Waals surface area contributed by atoms with Crippen LogP contribution in [0.4, 0.5) is 20.7 Å². The average Bonchev–Trinajstić information content (AvgIpc) is 3.20. The molecule has 12 heteroatoms. The molecule has 2 aromatic heterocycles. The minimum absolute atomic E-state index is 0. The second-order valence-electron chi connectivity index (χ2n) is 7.53. The summed E-state index contributed by atoms with van der Waals surface area (Å²) in [4.78, 5) is 24.0. The molecule has 0 N–H and O–H groups in total. The number of hydrogen-bond donors (Lipinski definition) is 0. The molecule has 3 aromatic rings. The molecule has 2 fully saturated rings. The van der Waals surface area contributed by atoms with Crippen LogP contribution in [-0.2, 0) is 37.4 Å². The van der Waals surface area contributed by atoms with Crippen LogP contribution in [0.25, 0.3) is 17.0 Å². The first-order chi connectivity index (χ1) is 15.1. The van der Waals surface area contributed by atoms with E-state index in [1.807, 2.05) is 14.7 Å². The van der Waals surface area contributed by atoms with Crippen LogP contribution in [-0.4, -0.2) is 81.9 Å². The predicted molar refractivity (Wildman–Crippen MR) is 112 cm³/mol. The largest absolute Gasteiger partial charge is 0.456 e. The van der Waals surface area contributed by atoms with Crippen molar-refractivity contribution in [2.45, 2.75) is 6.43 Å². The minimum atomic E-state index is -2.77. The maximum atomic E-state index is 13.9. The number of halogens is 2. The topological polar surface area (TPSA) is 75.4 Å². The summed E-state index contributed by atoms with van der Waals surface area (Å²) in [7, 11) is 3.98. The van der Waals surface area contributed by atoms with Crippen LogP contribution >= 0.6 is 0 Å². The zero-order valence-corrected chi connectivity index (χ0v) is 20.4. The van der Waals surface area contributed by atoms with Crippen LogP contribution in [0, 0.1) is 7.05 Å². The number of imidazole rings is 1. The summed E-state index contributed by atoms with van der Waals surface area (Å²) in [5.41, 5.74) is 1.00. The Balaban J connectivity index is 0.00000245. The molecule has 0 spiro atoms. The van der Waals surface area contributed by atoms with E-state index in [0.29, 0.717) is 62.3 Å². The van der Waals surface area contributed by atoms with Gasteiger partial charge in [0, 0.05) is 58.9 Å². The average molecular weight is 518 g/mol. The summed E-state index contributed by atoms with van der Waals surface area (Å²) >= 11 is 0. The summed E-state index contributed by atoms with van der Waals surface area (Å²) in [6, 6.07) is 7.00. The van der Waals surface area contributed by atoms with E-state index >= 15 is 0 Å². The first kappa shape index (κ1) is 23.3. The Morgan fingerprint density at radius 1 is 0.812 bits per heavy atom. The number of fused-ring (bicyclic) bond motifs is 1. The van der Waals surface area contributed by atoms with Crippen LogP contribution < -0.4 is 9.80 Å². The molecule has 9 nitrogen and oxygen atoms in total. The number of rotatable bonds is 4. The number of nitrogens with zero attached hydrogens (tertiary/aromatic N) is 8. The van der Waals surface area contributed by atoms with E-state index < -0.39 is 6.43 Å². The fourth-order valence-corrected chi connectivity index (χ4v) is 3.84. The molecule has 4 heterocycles. The van der Waals surface area contributed by atoms with E-state index in [1.54, 1.807) is 24.3 Å². The maximum Gasteiger partial charge on any atom is 0.296 e. The summed E-state index contributed by atoms with van der Waals surface area (Å²) in [5, 5.41) is 0. The van der Waals surface area contributed by atoms with Gasteiger partial charge in [0.1, 0.15) is 0 Å². The first-order valence-corrected chi connectivity index (χ1v) is 10.3. The smallest absolute Gasteiger partial charge is 0.296 e. The summed E-state index contributed by atoms with van der Waals surface area (Å²) in [6.07, 6.45) is -2.77. The van der Waals surface area contributed by atoms with Gasteiger partial charge in [-0.3, -0.25) is 11.6 Å². The zero-order valence-electron chi connectivity index (χ0n) is 17.6. The first-order valence-electron chi connectivity index (χ1n) is 10.3. The van der Waals surface area contributed by atoms with Crippen LogP contribution in [0.1, 0.15) is 12.2 Å². The van der Waals surface area contributed by atoms with Crippen molar-refractivity contribution < 1.29 is 46.2 Å². The second-order valence-corrected chi connectivity index (χ2v) is 7.53. The van der Waals surface area contributed by atoms with E-state index in [1.165, 1.54) is 4.57 Å². The number of hydrogen-bond acceptors (Lipinski definition) is 8. The molecule has 0 bridgehead atoms. The van der Waals surface area contributed by atoms with E-state index in [2.05, 4.69) is 27.0 Å². The molecule has 0 saturated carbocycles. The molecule has 0 unspecified atom stereocenters. The molecule has 1 radical (unpaired) electrons. The molecule has 5 rings (SSSR count). The van der Waals surface area contributed by atoms with Crippen molar-refractivity contribution in [3.63, 3.8) is 0 Å². The van der Waals surface area contributed by atoms with Gasteiger partial charge < -0.3 is 19.4 Å². The van der Waals surface area contributed by atoms with E-state index in [9.17, 15) is 8.78 Å². The third-order valence-corrected chi connectivity index (χ3v) is 5.53. The fraction of sp³-hybridized carbons (Fsp3) is 0.450. The number of para-hydroxylation sites is 2. The molecule has 2 aliphatic heterocycles. The SMILES string of the molecule is [CH2-]N1CCN(c2nc(N3CCOCC3)nc(-n3c(C(F)F)nc4ccccc43)n2)CC1.[Y]. The number of piperazine rings is 1. The van der Waals surface area contributed by atoms with Crippen molar-refractivity contribution in [2.24, 2.45) is 0 Å². The number of alkyl halides is 2. The third kappa shape index (κ3) is 4.61.